The average Bonchev–Trinajstić information content (AvgIpc) is 2.62. The zero-order valence-electron chi connectivity index (χ0n) is 13.5. The maximum atomic E-state index is 12.5. The lowest BCUT2D eigenvalue weighted by atomic mass is 10.1. The Morgan fingerprint density at radius 1 is 1.38 bits per heavy atom. The molecule has 0 amide bonds. The second-order valence-electron chi connectivity index (χ2n) is 5.24. The van der Waals surface area contributed by atoms with Crippen molar-refractivity contribution in [2.24, 2.45) is 0 Å². The summed E-state index contributed by atoms with van der Waals surface area (Å²) in [7, 11) is 0. The Bertz CT molecular complexity index is 634. The fraction of sp³-hybridized carbons (Fsp3) is 0.412. The van der Waals surface area contributed by atoms with E-state index in [1.54, 1.807) is 24.3 Å². The third-order valence-electron chi connectivity index (χ3n) is 3.69. The summed E-state index contributed by atoms with van der Waals surface area (Å²) >= 11 is 7.21. The molecular weight excluding hydrogens is 346 g/mol. The normalized spacial score (nSPS) is 16.2. The SMILES string of the molecule is CSC(NCCN1CCOCC1)=C(C#N)C(=O)c1ccc(Cl)cc1. The number of ketones is 1. The number of thioether (sulfide) groups is 1. The van der Waals surface area contributed by atoms with E-state index >= 15 is 0 Å². The first kappa shape index (κ1) is 18.8. The molecule has 0 atom stereocenters. The molecule has 0 spiro atoms. The van der Waals surface area contributed by atoms with Crippen molar-refractivity contribution in [1.29, 1.82) is 5.26 Å². The van der Waals surface area contributed by atoms with Crippen LogP contribution in [0, 0.1) is 11.3 Å². The number of nitriles is 1. The number of nitrogens with one attached hydrogen (secondary N) is 1. The number of nitrogens with zero attached hydrogens (tertiary/aromatic N) is 2. The zero-order valence-corrected chi connectivity index (χ0v) is 15.1. The number of ether oxygens (including phenoxy) is 1. The number of carbonyl (C=O) groups excluding carboxylic acids is 1. The van der Waals surface area contributed by atoms with Gasteiger partial charge in [-0.15, -0.1) is 11.8 Å². The van der Waals surface area contributed by atoms with Crippen molar-refractivity contribution in [1.82, 2.24) is 10.2 Å². The molecule has 7 heteroatoms. The molecule has 1 N–H and O–H groups in total. The van der Waals surface area contributed by atoms with Gasteiger partial charge in [0.25, 0.3) is 0 Å². The minimum atomic E-state index is -0.294. The maximum Gasteiger partial charge on any atom is 0.206 e. The molecule has 0 saturated carbocycles. The number of hydrogen-bond donors (Lipinski definition) is 1. The van der Waals surface area contributed by atoms with Gasteiger partial charge in [-0.05, 0) is 30.5 Å². The smallest absolute Gasteiger partial charge is 0.206 e. The van der Waals surface area contributed by atoms with E-state index in [4.69, 9.17) is 16.3 Å². The van der Waals surface area contributed by atoms with Crippen LogP contribution in [0.15, 0.2) is 34.9 Å². The van der Waals surface area contributed by atoms with Crippen molar-refractivity contribution >= 4 is 29.1 Å². The standard InChI is InChI=1S/C17H20ClN3O2S/c1-24-17(20-6-7-21-8-10-23-11-9-21)15(12-19)16(22)13-2-4-14(18)5-3-13/h2-5,20H,6-11H2,1H3. The molecule has 1 saturated heterocycles. The number of halogens is 1. The van der Waals surface area contributed by atoms with Gasteiger partial charge in [0.1, 0.15) is 11.6 Å². The minimum Gasteiger partial charge on any atom is -0.379 e. The summed E-state index contributed by atoms with van der Waals surface area (Å²) in [6, 6.07) is 8.59. The number of morpholine rings is 1. The van der Waals surface area contributed by atoms with Gasteiger partial charge in [0.15, 0.2) is 0 Å². The Hall–Kier alpha value is -1.52. The Labute approximate surface area is 151 Å². The molecule has 1 aliphatic rings. The maximum absolute atomic E-state index is 12.5. The van der Waals surface area contributed by atoms with Crippen LogP contribution in [0.4, 0.5) is 0 Å². The van der Waals surface area contributed by atoms with Crippen LogP contribution < -0.4 is 5.32 Å². The van der Waals surface area contributed by atoms with Gasteiger partial charge < -0.3 is 10.1 Å². The minimum absolute atomic E-state index is 0.131. The highest BCUT2D eigenvalue weighted by Crippen LogP contribution is 2.19. The van der Waals surface area contributed by atoms with Gasteiger partial charge in [-0.2, -0.15) is 5.26 Å². The first-order chi connectivity index (χ1) is 11.7. The van der Waals surface area contributed by atoms with E-state index in [2.05, 4.69) is 10.2 Å². The van der Waals surface area contributed by atoms with E-state index in [0.29, 0.717) is 22.2 Å². The number of rotatable bonds is 7. The van der Waals surface area contributed by atoms with E-state index < -0.39 is 0 Å². The van der Waals surface area contributed by atoms with Gasteiger partial charge in [0, 0.05) is 36.8 Å². The van der Waals surface area contributed by atoms with Crippen molar-refractivity contribution in [2.45, 2.75) is 0 Å². The Kier molecular flexibility index (Phi) is 7.60. The molecule has 0 aromatic heterocycles. The lowest BCUT2D eigenvalue weighted by Crippen LogP contribution is -2.40. The van der Waals surface area contributed by atoms with Gasteiger partial charge in [-0.1, -0.05) is 11.6 Å². The number of Topliss-reactive ketones (excluding diaryl/α,β-unsaturated/α-hetero) is 1. The first-order valence-electron chi connectivity index (χ1n) is 7.68. The topological polar surface area (TPSA) is 65.4 Å². The highest BCUT2D eigenvalue weighted by molar-refractivity contribution is 8.02. The van der Waals surface area contributed by atoms with E-state index in [-0.39, 0.29) is 11.4 Å². The summed E-state index contributed by atoms with van der Waals surface area (Å²) in [6.45, 7) is 4.85. The Balaban J connectivity index is 2.03. The van der Waals surface area contributed by atoms with Gasteiger partial charge in [-0.25, -0.2) is 0 Å². The number of carbonyl (C=O) groups is 1. The van der Waals surface area contributed by atoms with Crippen LogP contribution in [0.25, 0.3) is 0 Å². The molecule has 5 nitrogen and oxygen atoms in total. The molecule has 24 heavy (non-hydrogen) atoms. The van der Waals surface area contributed by atoms with E-state index in [0.717, 1.165) is 32.8 Å². The quantitative estimate of drug-likeness (QED) is 0.455. The van der Waals surface area contributed by atoms with Gasteiger partial charge in [0.05, 0.1) is 18.2 Å². The van der Waals surface area contributed by atoms with Gasteiger partial charge in [-0.3, -0.25) is 9.69 Å². The monoisotopic (exact) mass is 365 g/mol. The summed E-state index contributed by atoms with van der Waals surface area (Å²) in [5, 5.41) is 13.8. The van der Waals surface area contributed by atoms with Crippen LogP contribution in [0.3, 0.4) is 0 Å². The summed E-state index contributed by atoms with van der Waals surface area (Å²) < 4.78 is 5.32. The van der Waals surface area contributed by atoms with Crippen molar-refractivity contribution < 1.29 is 9.53 Å². The molecule has 1 fully saturated rings. The first-order valence-corrected chi connectivity index (χ1v) is 9.28. The molecule has 1 aromatic carbocycles. The van der Waals surface area contributed by atoms with Crippen LogP contribution in [-0.4, -0.2) is 56.3 Å². The Morgan fingerprint density at radius 3 is 2.62 bits per heavy atom. The molecule has 2 rings (SSSR count). The van der Waals surface area contributed by atoms with E-state index in [1.807, 2.05) is 12.3 Å². The van der Waals surface area contributed by atoms with Crippen LogP contribution in [0.1, 0.15) is 10.4 Å². The number of allylic oxidation sites excluding steroid dienone is 1. The molecule has 1 heterocycles. The van der Waals surface area contributed by atoms with Crippen molar-refractivity contribution in [3.63, 3.8) is 0 Å². The second-order valence-corrected chi connectivity index (χ2v) is 6.49. The third-order valence-corrected chi connectivity index (χ3v) is 4.70. The lowest BCUT2D eigenvalue weighted by molar-refractivity contribution is 0.0387. The number of benzene rings is 1. The molecule has 0 aliphatic carbocycles. The van der Waals surface area contributed by atoms with Crippen molar-refractivity contribution in [3.05, 3.63) is 45.5 Å². The summed E-state index contributed by atoms with van der Waals surface area (Å²) in [4.78, 5) is 14.8. The predicted octanol–water partition coefficient (Wildman–Crippen LogP) is 2.54. The molecule has 0 radical (unpaired) electrons. The van der Waals surface area contributed by atoms with E-state index in [9.17, 15) is 10.1 Å². The van der Waals surface area contributed by atoms with Crippen LogP contribution >= 0.6 is 23.4 Å². The lowest BCUT2D eigenvalue weighted by Gasteiger charge is -2.26. The Morgan fingerprint density at radius 2 is 2.04 bits per heavy atom. The third kappa shape index (κ3) is 5.25. The fourth-order valence-electron chi connectivity index (χ4n) is 2.37. The highest BCUT2D eigenvalue weighted by Gasteiger charge is 2.17. The molecule has 1 aromatic rings. The summed E-state index contributed by atoms with van der Waals surface area (Å²) in [5.41, 5.74) is 0.587. The number of hydrogen-bond acceptors (Lipinski definition) is 6. The molecule has 0 bridgehead atoms. The summed E-state index contributed by atoms with van der Waals surface area (Å²) in [5.74, 6) is -0.294. The van der Waals surface area contributed by atoms with Gasteiger partial charge >= 0.3 is 0 Å². The molecular formula is C17H20ClN3O2S. The fourth-order valence-corrected chi connectivity index (χ4v) is 3.08. The van der Waals surface area contributed by atoms with Crippen LogP contribution in [-0.2, 0) is 4.74 Å². The molecule has 128 valence electrons. The summed E-state index contributed by atoms with van der Waals surface area (Å²) in [6.07, 6.45) is 1.85. The molecule has 1 aliphatic heterocycles. The van der Waals surface area contributed by atoms with Crippen molar-refractivity contribution in [2.75, 3.05) is 45.6 Å². The second kappa shape index (κ2) is 9.70. The van der Waals surface area contributed by atoms with Crippen LogP contribution in [0.5, 0.6) is 0 Å². The predicted molar refractivity (Wildman–Crippen MR) is 97.2 cm³/mol. The van der Waals surface area contributed by atoms with Crippen molar-refractivity contribution in [3.8, 4) is 6.07 Å². The van der Waals surface area contributed by atoms with Crippen LogP contribution in [0.2, 0.25) is 5.02 Å². The molecule has 0 unspecified atom stereocenters. The van der Waals surface area contributed by atoms with Gasteiger partial charge in [0.2, 0.25) is 5.78 Å². The highest BCUT2D eigenvalue weighted by atomic mass is 35.5. The van der Waals surface area contributed by atoms with E-state index in [1.165, 1.54) is 11.8 Å². The largest absolute Gasteiger partial charge is 0.379 e. The zero-order chi connectivity index (χ0) is 17.4. The average molecular weight is 366 g/mol.